The van der Waals surface area contributed by atoms with E-state index < -0.39 is 0 Å². The first-order valence-electron chi connectivity index (χ1n) is 6.41. The molecule has 0 spiro atoms. The number of fused-ring (bicyclic) bond motifs is 1. The third kappa shape index (κ3) is 2.55. The molecule has 0 saturated carbocycles. The van der Waals surface area contributed by atoms with Crippen LogP contribution in [-0.4, -0.2) is 30.6 Å². The van der Waals surface area contributed by atoms with Crippen LogP contribution in [0.25, 0.3) is 0 Å². The van der Waals surface area contributed by atoms with E-state index in [0.717, 1.165) is 43.2 Å². The molecule has 0 unspecified atom stereocenters. The van der Waals surface area contributed by atoms with Crippen LogP contribution in [-0.2, 0) is 22.5 Å². The molecule has 0 bridgehead atoms. The first-order chi connectivity index (χ1) is 8.83. The number of nitrogens with zero attached hydrogens (tertiary/aromatic N) is 1. The third-order valence-corrected chi connectivity index (χ3v) is 4.44. The average Bonchev–Trinajstić information content (AvgIpc) is 2.82. The number of amides is 1. The van der Waals surface area contributed by atoms with E-state index >= 15 is 0 Å². The molecule has 2 aliphatic rings. The van der Waals surface area contributed by atoms with Gasteiger partial charge in [0, 0.05) is 43.5 Å². The van der Waals surface area contributed by atoms with Crippen molar-refractivity contribution in [3.05, 3.63) is 10.6 Å². The number of nitrogens with one attached hydrogen (secondary N) is 2. The minimum atomic E-state index is 0.0813. The second kappa shape index (κ2) is 5.34. The fraction of sp³-hybridized carbons (Fsp3) is 0.667. The van der Waals surface area contributed by atoms with Gasteiger partial charge in [-0.05, 0) is 12.8 Å². The smallest absolute Gasteiger partial charge is 0.229 e. The lowest BCUT2D eigenvalue weighted by molar-refractivity contribution is -0.122. The summed E-state index contributed by atoms with van der Waals surface area (Å²) < 4.78 is 5.27. The highest BCUT2D eigenvalue weighted by molar-refractivity contribution is 7.15. The highest BCUT2D eigenvalue weighted by atomic mass is 32.1. The quantitative estimate of drug-likeness (QED) is 0.844. The Morgan fingerprint density at radius 3 is 3.06 bits per heavy atom. The molecule has 0 aliphatic carbocycles. The normalized spacial score (nSPS) is 20.4. The second-order valence-electron chi connectivity index (χ2n) is 4.69. The summed E-state index contributed by atoms with van der Waals surface area (Å²) >= 11 is 1.59. The van der Waals surface area contributed by atoms with Crippen LogP contribution in [0.1, 0.15) is 23.4 Å². The number of ether oxygens (including phenoxy) is 1. The Morgan fingerprint density at radius 1 is 1.44 bits per heavy atom. The van der Waals surface area contributed by atoms with E-state index in [-0.39, 0.29) is 11.8 Å². The number of aromatic nitrogens is 1. The number of rotatable bonds is 2. The maximum Gasteiger partial charge on any atom is 0.229 e. The molecule has 1 aromatic heterocycles. The molecule has 6 heteroatoms. The summed E-state index contributed by atoms with van der Waals surface area (Å²) in [5.41, 5.74) is 1.14. The van der Waals surface area contributed by atoms with Crippen molar-refractivity contribution < 1.29 is 9.53 Å². The molecule has 2 N–H and O–H groups in total. The van der Waals surface area contributed by atoms with Crippen LogP contribution in [0.3, 0.4) is 0 Å². The molecule has 18 heavy (non-hydrogen) atoms. The van der Waals surface area contributed by atoms with Crippen LogP contribution >= 0.6 is 11.3 Å². The number of carbonyl (C=O) groups is 1. The molecule has 0 aromatic carbocycles. The summed E-state index contributed by atoms with van der Waals surface area (Å²) in [5, 5.41) is 7.02. The lowest BCUT2D eigenvalue weighted by Crippen LogP contribution is -2.28. The Kier molecular flexibility index (Phi) is 3.58. The first-order valence-corrected chi connectivity index (χ1v) is 7.22. The maximum absolute atomic E-state index is 12.1. The van der Waals surface area contributed by atoms with Crippen LogP contribution in [0.4, 0.5) is 5.13 Å². The highest BCUT2D eigenvalue weighted by Crippen LogP contribution is 2.26. The van der Waals surface area contributed by atoms with Gasteiger partial charge < -0.3 is 15.4 Å². The van der Waals surface area contributed by atoms with Gasteiger partial charge in [0.05, 0.1) is 5.69 Å². The Balaban J connectivity index is 1.64. The van der Waals surface area contributed by atoms with E-state index in [1.165, 1.54) is 4.88 Å². The van der Waals surface area contributed by atoms with E-state index in [1.807, 2.05) is 0 Å². The molecule has 1 aromatic rings. The van der Waals surface area contributed by atoms with E-state index in [0.29, 0.717) is 13.2 Å². The van der Waals surface area contributed by atoms with Gasteiger partial charge in [0.1, 0.15) is 0 Å². The summed E-state index contributed by atoms with van der Waals surface area (Å²) in [6.07, 6.45) is 2.59. The molecule has 1 amide bonds. The molecule has 3 heterocycles. The number of carbonyl (C=O) groups excluding carboxylic acids is 1. The van der Waals surface area contributed by atoms with Crippen molar-refractivity contribution >= 4 is 22.4 Å². The molecule has 3 rings (SSSR count). The SMILES string of the molecule is O=C(Nc1nc2c(s1)CNCC2)C1CCOCC1. The van der Waals surface area contributed by atoms with Crippen LogP contribution < -0.4 is 10.6 Å². The zero-order valence-electron chi connectivity index (χ0n) is 10.2. The third-order valence-electron chi connectivity index (χ3n) is 3.42. The lowest BCUT2D eigenvalue weighted by atomic mass is 10.00. The lowest BCUT2D eigenvalue weighted by Gasteiger charge is -2.20. The Morgan fingerprint density at radius 2 is 2.28 bits per heavy atom. The van der Waals surface area contributed by atoms with Gasteiger partial charge in [0.15, 0.2) is 5.13 Å². The fourth-order valence-corrected chi connectivity index (χ4v) is 3.33. The summed E-state index contributed by atoms with van der Waals surface area (Å²) in [5.74, 6) is 0.176. The van der Waals surface area contributed by atoms with Crippen LogP contribution in [0.5, 0.6) is 0 Å². The second-order valence-corrected chi connectivity index (χ2v) is 5.78. The van der Waals surface area contributed by atoms with Gasteiger partial charge in [-0.3, -0.25) is 4.79 Å². The van der Waals surface area contributed by atoms with Gasteiger partial charge in [0.2, 0.25) is 5.91 Å². The van der Waals surface area contributed by atoms with Crippen molar-refractivity contribution in [1.82, 2.24) is 10.3 Å². The predicted molar refractivity (Wildman–Crippen MR) is 69.7 cm³/mol. The molecule has 2 aliphatic heterocycles. The van der Waals surface area contributed by atoms with Gasteiger partial charge in [-0.2, -0.15) is 0 Å². The van der Waals surface area contributed by atoms with Crippen molar-refractivity contribution in [2.24, 2.45) is 5.92 Å². The predicted octanol–water partition coefficient (Wildman–Crippen LogP) is 1.15. The number of hydrogen-bond acceptors (Lipinski definition) is 5. The minimum absolute atomic E-state index is 0.0813. The van der Waals surface area contributed by atoms with E-state index in [1.54, 1.807) is 11.3 Å². The first kappa shape index (κ1) is 12.1. The monoisotopic (exact) mass is 267 g/mol. The molecule has 98 valence electrons. The molecule has 0 atom stereocenters. The fourth-order valence-electron chi connectivity index (χ4n) is 2.35. The Hall–Kier alpha value is -0.980. The van der Waals surface area contributed by atoms with E-state index in [2.05, 4.69) is 15.6 Å². The molecular weight excluding hydrogens is 250 g/mol. The van der Waals surface area contributed by atoms with Gasteiger partial charge in [0.25, 0.3) is 0 Å². The van der Waals surface area contributed by atoms with E-state index in [9.17, 15) is 4.79 Å². The van der Waals surface area contributed by atoms with E-state index in [4.69, 9.17) is 4.74 Å². The van der Waals surface area contributed by atoms with Gasteiger partial charge >= 0.3 is 0 Å². The summed E-state index contributed by atoms with van der Waals surface area (Å²) in [7, 11) is 0. The largest absolute Gasteiger partial charge is 0.381 e. The van der Waals surface area contributed by atoms with Crippen LogP contribution in [0, 0.1) is 5.92 Å². The number of hydrogen-bond donors (Lipinski definition) is 2. The zero-order valence-corrected chi connectivity index (χ0v) is 11.0. The zero-order chi connectivity index (χ0) is 12.4. The van der Waals surface area contributed by atoms with Gasteiger partial charge in [-0.15, -0.1) is 11.3 Å². The van der Waals surface area contributed by atoms with Crippen molar-refractivity contribution in [2.75, 3.05) is 25.1 Å². The summed E-state index contributed by atoms with van der Waals surface area (Å²) in [4.78, 5) is 17.8. The average molecular weight is 267 g/mol. The van der Waals surface area contributed by atoms with Crippen LogP contribution in [0.2, 0.25) is 0 Å². The van der Waals surface area contributed by atoms with Crippen molar-refractivity contribution in [2.45, 2.75) is 25.8 Å². The van der Waals surface area contributed by atoms with Crippen molar-refractivity contribution in [3.63, 3.8) is 0 Å². The van der Waals surface area contributed by atoms with Crippen LogP contribution in [0.15, 0.2) is 0 Å². The topological polar surface area (TPSA) is 63.2 Å². The Labute approximate surface area is 110 Å². The maximum atomic E-state index is 12.1. The number of thiazole rings is 1. The highest BCUT2D eigenvalue weighted by Gasteiger charge is 2.23. The molecule has 1 saturated heterocycles. The molecular formula is C12H17N3O2S. The summed E-state index contributed by atoms with van der Waals surface area (Å²) in [6, 6.07) is 0. The van der Waals surface area contributed by atoms with Crippen molar-refractivity contribution in [3.8, 4) is 0 Å². The number of anilines is 1. The van der Waals surface area contributed by atoms with Gasteiger partial charge in [-0.25, -0.2) is 4.98 Å². The standard InChI is InChI=1S/C12H17N3O2S/c16-11(8-2-5-17-6-3-8)15-12-14-9-1-4-13-7-10(9)18-12/h8,13H,1-7H2,(H,14,15,16). The molecule has 5 nitrogen and oxygen atoms in total. The molecule has 0 radical (unpaired) electrons. The summed E-state index contributed by atoms with van der Waals surface area (Å²) in [6.45, 7) is 3.23. The van der Waals surface area contributed by atoms with Gasteiger partial charge in [-0.1, -0.05) is 0 Å². The van der Waals surface area contributed by atoms with Crippen molar-refractivity contribution in [1.29, 1.82) is 0 Å². The minimum Gasteiger partial charge on any atom is -0.381 e. The Bertz CT molecular complexity index is 417. The molecule has 1 fully saturated rings.